The third kappa shape index (κ3) is 4.42. The highest BCUT2D eigenvalue weighted by Gasteiger charge is 2.09. The van der Waals surface area contributed by atoms with Crippen molar-refractivity contribution in [2.24, 2.45) is 5.73 Å². The lowest BCUT2D eigenvalue weighted by atomic mass is 10.3. The number of benzene rings is 1. The van der Waals surface area contributed by atoms with Crippen LogP contribution in [0.15, 0.2) is 24.3 Å². The van der Waals surface area contributed by atoms with E-state index >= 15 is 0 Å². The molecule has 1 aromatic rings. The van der Waals surface area contributed by atoms with Gasteiger partial charge in [-0.2, -0.15) is 0 Å². The van der Waals surface area contributed by atoms with E-state index in [1.165, 1.54) is 4.90 Å². The molecule has 0 heterocycles. The number of nitrogen functional groups attached to an aromatic ring is 1. The fourth-order valence-corrected chi connectivity index (χ4v) is 1.21. The van der Waals surface area contributed by atoms with Gasteiger partial charge < -0.3 is 21.7 Å². The summed E-state index contributed by atoms with van der Waals surface area (Å²) in [6.45, 7) is 0.281. The van der Waals surface area contributed by atoms with E-state index in [0.29, 0.717) is 11.4 Å². The van der Waals surface area contributed by atoms with Crippen molar-refractivity contribution in [3.63, 3.8) is 0 Å². The highest BCUT2D eigenvalue weighted by molar-refractivity contribution is 5.89. The van der Waals surface area contributed by atoms with Crippen molar-refractivity contribution in [2.75, 3.05) is 24.6 Å². The fraction of sp³-hybridized carbons (Fsp3) is 0.273. The van der Waals surface area contributed by atoms with Crippen LogP contribution in [0.5, 0.6) is 0 Å². The maximum absolute atomic E-state index is 11.7. The van der Waals surface area contributed by atoms with Crippen LogP contribution in [0.2, 0.25) is 0 Å². The third-order valence-electron chi connectivity index (χ3n) is 2.18. The average molecular weight is 236 g/mol. The second-order valence-electron chi connectivity index (χ2n) is 3.69. The second-order valence-corrected chi connectivity index (χ2v) is 3.69. The highest BCUT2D eigenvalue weighted by Crippen LogP contribution is 2.12. The van der Waals surface area contributed by atoms with Gasteiger partial charge in [0, 0.05) is 31.4 Å². The first-order valence-corrected chi connectivity index (χ1v) is 5.15. The Morgan fingerprint density at radius 2 is 2.12 bits per heavy atom. The van der Waals surface area contributed by atoms with Gasteiger partial charge in [0.05, 0.1) is 0 Å². The molecular formula is C11H16N4O2. The Kier molecular flexibility index (Phi) is 4.33. The Hall–Kier alpha value is -2.24. The number of amides is 3. The van der Waals surface area contributed by atoms with Crippen LogP contribution < -0.4 is 16.8 Å². The first kappa shape index (κ1) is 12.8. The zero-order valence-electron chi connectivity index (χ0n) is 9.64. The summed E-state index contributed by atoms with van der Waals surface area (Å²) in [6.07, 6.45) is 0.140. The largest absolute Gasteiger partial charge is 0.399 e. The van der Waals surface area contributed by atoms with Gasteiger partial charge in [0.2, 0.25) is 5.91 Å². The number of nitrogens with one attached hydrogen (secondary N) is 1. The molecule has 1 rings (SSSR count). The van der Waals surface area contributed by atoms with Crippen LogP contribution in [-0.4, -0.2) is 30.4 Å². The average Bonchev–Trinajstić information content (AvgIpc) is 2.25. The van der Waals surface area contributed by atoms with Crippen molar-refractivity contribution in [1.29, 1.82) is 0 Å². The predicted molar refractivity (Wildman–Crippen MR) is 66.3 cm³/mol. The van der Waals surface area contributed by atoms with Crippen molar-refractivity contribution in [3.8, 4) is 0 Å². The molecule has 6 heteroatoms. The summed E-state index contributed by atoms with van der Waals surface area (Å²) >= 11 is 0. The molecule has 0 spiro atoms. The van der Waals surface area contributed by atoms with Crippen molar-refractivity contribution in [2.45, 2.75) is 6.42 Å². The Labute approximate surface area is 99.6 Å². The van der Waals surface area contributed by atoms with E-state index in [4.69, 9.17) is 11.5 Å². The Bertz CT molecular complexity index is 420. The van der Waals surface area contributed by atoms with E-state index in [1.807, 2.05) is 0 Å². The molecule has 1 aromatic carbocycles. The molecule has 17 heavy (non-hydrogen) atoms. The van der Waals surface area contributed by atoms with Gasteiger partial charge in [-0.25, -0.2) is 4.79 Å². The van der Waals surface area contributed by atoms with Gasteiger partial charge in [-0.3, -0.25) is 4.79 Å². The summed E-state index contributed by atoms with van der Waals surface area (Å²) in [4.78, 5) is 23.6. The molecule has 6 nitrogen and oxygen atoms in total. The Morgan fingerprint density at radius 3 is 2.71 bits per heavy atom. The van der Waals surface area contributed by atoms with Crippen LogP contribution in [0.25, 0.3) is 0 Å². The molecule has 0 aliphatic carbocycles. The summed E-state index contributed by atoms with van der Waals surface area (Å²) in [7, 11) is 1.59. The number of rotatable bonds is 4. The van der Waals surface area contributed by atoms with E-state index < -0.39 is 5.91 Å². The van der Waals surface area contributed by atoms with Crippen molar-refractivity contribution in [1.82, 2.24) is 4.90 Å². The molecule has 0 unspecified atom stereocenters. The maximum Gasteiger partial charge on any atom is 0.321 e. The predicted octanol–water partition coefficient (Wildman–Crippen LogP) is 0.608. The number of carbonyl (C=O) groups is 2. The lowest BCUT2D eigenvalue weighted by Crippen LogP contribution is -2.33. The van der Waals surface area contributed by atoms with E-state index in [9.17, 15) is 9.59 Å². The topological polar surface area (TPSA) is 101 Å². The van der Waals surface area contributed by atoms with Gasteiger partial charge in [-0.15, -0.1) is 0 Å². The molecule has 0 aromatic heterocycles. The van der Waals surface area contributed by atoms with Gasteiger partial charge in [0.1, 0.15) is 0 Å². The third-order valence-corrected chi connectivity index (χ3v) is 2.18. The quantitative estimate of drug-likeness (QED) is 0.667. The van der Waals surface area contributed by atoms with Crippen LogP contribution in [0.1, 0.15) is 6.42 Å². The number of nitrogens with two attached hydrogens (primary N) is 2. The minimum absolute atomic E-state index is 0.140. The normalized spacial score (nSPS) is 9.71. The second kappa shape index (κ2) is 5.74. The lowest BCUT2D eigenvalue weighted by Gasteiger charge is -2.17. The summed E-state index contributed by atoms with van der Waals surface area (Å²) in [5.41, 5.74) is 11.8. The van der Waals surface area contributed by atoms with E-state index in [-0.39, 0.29) is 19.0 Å². The molecule has 3 amide bonds. The minimum atomic E-state index is -0.436. The van der Waals surface area contributed by atoms with Crippen molar-refractivity contribution in [3.05, 3.63) is 24.3 Å². The molecule has 0 atom stereocenters. The lowest BCUT2D eigenvalue weighted by molar-refractivity contribution is -0.118. The smallest absolute Gasteiger partial charge is 0.321 e. The van der Waals surface area contributed by atoms with Crippen LogP contribution in [0.3, 0.4) is 0 Å². The molecule has 0 radical (unpaired) electrons. The summed E-state index contributed by atoms with van der Waals surface area (Å²) in [5, 5.41) is 2.66. The zero-order valence-corrected chi connectivity index (χ0v) is 9.64. The molecule has 5 N–H and O–H groups in total. The standard InChI is InChI=1S/C11H16N4O2/c1-15(6-5-10(13)16)11(17)14-9-4-2-3-8(12)7-9/h2-4,7H,5-6,12H2,1H3,(H2,13,16)(H,14,17). The first-order chi connectivity index (χ1) is 7.99. The van der Waals surface area contributed by atoms with Crippen LogP contribution in [-0.2, 0) is 4.79 Å². The van der Waals surface area contributed by atoms with Gasteiger partial charge >= 0.3 is 6.03 Å². The number of urea groups is 1. The molecule has 92 valence electrons. The van der Waals surface area contributed by atoms with Gasteiger partial charge in [0.25, 0.3) is 0 Å². The molecule has 0 aliphatic heterocycles. The monoisotopic (exact) mass is 236 g/mol. The number of nitrogens with zero attached hydrogens (tertiary/aromatic N) is 1. The molecule has 0 fully saturated rings. The van der Waals surface area contributed by atoms with Crippen LogP contribution >= 0.6 is 0 Å². The minimum Gasteiger partial charge on any atom is -0.399 e. The zero-order chi connectivity index (χ0) is 12.8. The summed E-state index contributed by atoms with van der Waals surface area (Å²) in [5.74, 6) is -0.436. The van der Waals surface area contributed by atoms with E-state index in [0.717, 1.165) is 0 Å². The fourth-order valence-electron chi connectivity index (χ4n) is 1.21. The van der Waals surface area contributed by atoms with Crippen LogP contribution in [0.4, 0.5) is 16.2 Å². The van der Waals surface area contributed by atoms with Crippen molar-refractivity contribution >= 4 is 23.3 Å². The first-order valence-electron chi connectivity index (χ1n) is 5.15. The molecule has 0 aliphatic rings. The van der Waals surface area contributed by atoms with E-state index in [1.54, 1.807) is 31.3 Å². The molecule has 0 saturated heterocycles. The Morgan fingerprint density at radius 1 is 1.41 bits per heavy atom. The number of primary amides is 1. The summed E-state index contributed by atoms with van der Waals surface area (Å²) < 4.78 is 0. The number of hydrogen-bond acceptors (Lipinski definition) is 3. The molecular weight excluding hydrogens is 220 g/mol. The molecule has 0 bridgehead atoms. The van der Waals surface area contributed by atoms with Gasteiger partial charge in [-0.1, -0.05) is 6.07 Å². The van der Waals surface area contributed by atoms with Crippen LogP contribution in [0, 0.1) is 0 Å². The van der Waals surface area contributed by atoms with Gasteiger partial charge in [0.15, 0.2) is 0 Å². The molecule has 0 saturated carbocycles. The SMILES string of the molecule is CN(CCC(N)=O)C(=O)Nc1cccc(N)c1. The highest BCUT2D eigenvalue weighted by atomic mass is 16.2. The number of carbonyl (C=O) groups excluding carboxylic acids is 2. The number of hydrogen-bond donors (Lipinski definition) is 3. The maximum atomic E-state index is 11.7. The van der Waals surface area contributed by atoms with Crippen molar-refractivity contribution < 1.29 is 9.59 Å². The summed E-state index contributed by atoms with van der Waals surface area (Å²) in [6, 6.07) is 6.55. The van der Waals surface area contributed by atoms with Gasteiger partial charge in [-0.05, 0) is 18.2 Å². The Balaban J connectivity index is 2.51. The number of anilines is 2. The van der Waals surface area contributed by atoms with E-state index in [2.05, 4.69) is 5.32 Å².